The normalized spacial score (nSPS) is 17.6. The maximum absolute atomic E-state index is 15.2. The van der Waals surface area contributed by atoms with E-state index in [9.17, 15) is 14.0 Å². The van der Waals surface area contributed by atoms with Crippen molar-refractivity contribution < 1.29 is 23.1 Å². The first-order valence-corrected chi connectivity index (χ1v) is 13.2. The van der Waals surface area contributed by atoms with Crippen LogP contribution < -0.4 is 10.2 Å². The van der Waals surface area contributed by atoms with Gasteiger partial charge in [-0.3, -0.25) is 9.48 Å². The smallest absolute Gasteiger partial charge is 0.410 e. The summed E-state index contributed by atoms with van der Waals surface area (Å²) in [5, 5.41) is 8.04. The van der Waals surface area contributed by atoms with E-state index in [1.165, 1.54) is 22.4 Å². The average Bonchev–Trinajstić information content (AvgIpc) is 3.57. The number of aromatic nitrogens is 4. The second-order valence-corrected chi connectivity index (χ2v) is 11.1. The van der Waals surface area contributed by atoms with Crippen LogP contribution in [0.4, 0.5) is 25.0 Å². The van der Waals surface area contributed by atoms with Crippen LogP contribution in [0.5, 0.6) is 0 Å². The average molecular weight is 554 g/mol. The SMILES string of the molecule is CCn1cc2c(N3C[C@@H](F)[C@H](N(C)C(=O)OC(C)(C)C)C3)ccc(C(=O)Nc3cc(F)c4nc(C)cn4c3)c2n1. The number of nitrogens with one attached hydrogen (secondary N) is 1. The number of hydrogen-bond acceptors (Lipinski definition) is 6. The zero-order chi connectivity index (χ0) is 28.9. The van der Waals surface area contributed by atoms with E-state index in [0.717, 1.165) is 0 Å². The Bertz CT molecular complexity index is 1610. The number of rotatable bonds is 5. The highest BCUT2D eigenvalue weighted by Crippen LogP contribution is 2.33. The number of halogens is 2. The highest BCUT2D eigenvalue weighted by Gasteiger charge is 2.39. The fourth-order valence-corrected chi connectivity index (χ4v) is 4.98. The first-order chi connectivity index (χ1) is 18.8. The summed E-state index contributed by atoms with van der Waals surface area (Å²) in [5.74, 6) is -1.01. The number of alkyl halides is 1. The molecule has 3 aromatic heterocycles. The maximum atomic E-state index is 15.2. The Balaban J connectivity index is 1.43. The Kier molecular flexibility index (Phi) is 6.89. The van der Waals surface area contributed by atoms with Crippen LogP contribution >= 0.6 is 0 Å². The van der Waals surface area contributed by atoms with E-state index in [-0.39, 0.29) is 24.4 Å². The van der Waals surface area contributed by atoms with Crippen LogP contribution in [0.25, 0.3) is 16.6 Å². The minimum Gasteiger partial charge on any atom is -0.444 e. The molecule has 1 N–H and O–H groups in total. The molecule has 2 amide bonds. The van der Waals surface area contributed by atoms with Crippen LogP contribution in [0.15, 0.2) is 36.8 Å². The van der Waals surface area contributed by atoms with Gasteiger partial charge in [0.05, 0.1) is 29.5 Å². The van der Waals surface area contributed by atoms with Crippen molar-refractivity contribution in [2.24, 2.45) is 0 Å². The molecule has 2 atom stereocenters. The van der Waals surface area contributed by atoms with Crippen molar-refractivity contribution in [1.82, 2.24) is 24.1 Å². The van der Waals surface area contributed by atoms with Gasteiger partial charge in [0.15, 0.2) is 11.5 Å². The van der Waals surface area contributed by atoms with E-state index in [1.54, 1.807) is 56.9 Å². The highest BCUT2D eigenvalue weighted by atomic mass is 19.1. The largest absolute Gasteiger partial charge is 0.444 e. The molecule has 0 aliphatic carbocycles. The molecule has 1 aliphatic heterocycles. The van der Waals surface area contributed by atoms with Gasteiger partial charge in [-0.05, 0) is 46.8 Å². The number of imidazole rings is 1. The summed E-state index contributed by atoms with van der Waals surface area (Å²) in [6.45, 7) is 9.86. The van der Waals surface area contributed by atoms with Crippen LogP contribution in [0.3, 0.4) is 0 Å². The van der Waals surface area contributed by atoms with Crippen LogP contribution in [-0.2, 0) is 11.3 Å². The minimum absolute atomic E-state index is 0.0688. The Morgan fingerprint density at radius 3 is 2.65 bits per heavy atom. The lowest BCUT2D eigenvalue weighted by Gasteiger charge is -2.29. The monoisotopic (exact) mass is 553 g/mol. The van der Waals surface area contributed by atoms with Gasteiger partial charge in [0.2, 0.25) is 0 Å². The molecule has 4 aromatic rings. The van der Waals surface area contributed by atoms with Crippen LogP contribution in [0, 0.1) is 12.7 Å². The van der Waals surface area contributed by atoms with Crippen molar-refractivity contribution in [2.45, 2.75) is 59.0 Å². The molecular weight excluding hydrogens is 520 g/mol. The summed E-state index contributed by atoms with van der Waals surface area (Å²) in [7, 11) is 1.54. The van der Waals surface area contributed by atoms with Crippen LogP contribution in [0.2, 0.25) is 0 Å². The number of nitrogens with zero attached hydrogens (tertiary/aromatic N) is 6. The zero-order valence-corrected chi connectivity index (χ0v) is 23.4. The van der Waals surface area contributed by atoms with Crippen molar-refractivity contribution >= 4 is 39.9 Å². The molecular formula is C28H33F2N7O3. The lowest BCUT2D eigenvalue weighted by Crippen LogP contribution is -2.45. The van der Waals surface area contributed by atoms with E-state index in [1.807, 2.05) is 18.0 Å². The zero-order valence-electron chi connectivity index (χ0n) is 23.4. The molecule has 4 heterocycles. The fraction of sp³-hybridized carbons (Fsp3) is 0.429. The molecule has 40 heavy (non-hydrogen) atoms. The van der Waals surface area contributed by atoms with Gasteiger partial charge in [-0.25, -0.2) is 18.6 Å². The lowest BCUT2D eigenvalue weighted by atomic mass is 10.1. The van der Waals surface area contributed by atoms with E-state index in [0.29, 0.717) is 34.4 Å². The number of hydrogen-bond donors (Lipinski definition) is 1. The molecule has 0 unspecified atom stereocenters. The molecule has 12 heteroatoms. The number of amides is 2. The van der Waals surface area contributed by atoms with Crippen molar-refractivity contribution in [3.05, 3.63) is 53.9 Å². The second-order valence-electron chi connectivity index (χ2n) is 11.1. The third-order valence-electron chi connectivity index (χ3n) is 6.89. The summed E-state index contributed by atoms with van der Waals surface area (Å²) in [6, 6.07) is 3.91. The van der Waals surface area contributed by atoms with Gasteiger partial charge in [-0.1, -0.05) is 0 Å². The Morgan fingerprint density at radius 2 is 1.95 bits per heavy atom. The van der Waals surface area contributed by atoms with Crippen molar-refractivity contribution in [1.29, 1.82) is 0 Å². The number of pyridine rings is 1. The molecule has 5 rings (SSSR count). The molecule has 1 aromatic carbocycles. The van der Waals surface area contributed by atoms with E-state index in [4.69, 9.17) is 4.74 Å². The minimum atomic E-state index is -1.30. The molecule has 212 valence electrons. The predicted molar refractivity (Wildman–Crippen MR) is 148 cm³/mol. The van der Waals surface area contributed by atoms with Gasteiger partial charge in [-0.15, -0.1) is 0 Å². The first-order valence-electron chi connectivity index (χ1n) is 13.2. The Hall–Kier alpha value is -4.22. The maximum Gasteiger partial charge on any atom is 0.410 e. The summed E-state index contributed by atoms with van der Waals surface area (Å²) in [6.07, 6.45) is 3.21. The van der Waals surface area contributed by atoms with Gasteiger partial charge in [-0.2, -0.15) is 5.10 Å². The number of benzene rings is 1. The summed E-state index contributed by atoms with van der Waals surface area (Å²) >= 11 is 0. The topological polar surface area (TPSA) is 97.0 Å². The third-order valence-corrected chi connectivity index (χ3v) is 6.89. The summed E-state index contributed by atoms with van der Waals surface area (Å²) < 4.78 is 38.5. The molecule has 0 spiro atoms. The molecule has 10 nitrogen and oxygen atoms in total. The summed E-state index contributed by atoms with van der Waals surface area (Å²) in [4.78, 5) is 33.2. The molecule has 0 saturated carbocycles. The number of fused-ring (bicyclic) bond motifs is 2. The van der Waals surface area contributed by atoms with Gasteiger partial charge in [0, 0.05) is 55.9 Å². The van der Waals surface area contributed by atoms with E-state index < -0.39 is 35.6 Å². The Labute approximate surface area is 230 Å². The lowest BCUT2D eigenvalue weighted by molar-refractivity contribution is 0.0183. The standard InChI is InChI=1S/C28H33F2N7O3/c1-7-37-13-19-22(35-14-21(30)23(15-35)34(6)27(39)40-28(3,4)5)9-8-18(24(19)33-37)26(38)32-17-10-20(29)25-31-16(2)11-36(25)12-17/h8-13,21,23H,7,14-15H2,1-6H3,(H,32,38)/t21-,23-/m1/s1. The molecule has 1 saturated heterocycles. The third kappa shape index (κ3) is 5.17. The van der Waals surface area contributed by atoms with Crippen molar-refractivity contribution in [3.63, 3.8) is 0 Å². The van der Waals surface area contributed by atoms with Crippen molar-refractivity contribution in [2.75, 3.05) is 30.4 Å². The van der Waals surface area contributed by atoms with Gasteiger partial charge in [0.25, 0.3) is 5.91 Å². The Morgan fingerprint density at radius 1 is 1.20 bits per heavy atom. The molecule has 1 aliphatic rings. The number of carbonyl (C=O) groups excluding carboxylic acids is 2. The molecule has 0 bridgehead atoms. The van der Waals surface area contributed by atoms with Gasteiger partial charge >= 0.3 is 6.09 Å². The fourth-order valence-electron chi connectivity index (χ4n) is 4.98. The predicted octanol–water partition coefficient (Wildman–Crippen LogP) is 4.80. The highest BCUT2D eigenvalue weighted by molar-refractivity contribution is 6.14. The van der Waals surface area contributed by atoms with E-state index >= 15 is 4.39 Å². The quantitative estimate of drug-likeness (QED) is 0.382. The number of anilines is 2. The number of likely N-dealkylation sites (N-methyl/N-ethyl adjacent to an activating group) is 1. The van der Waals surface area contributed by atoms with Gasteiger partial charge < -0.3 is 24.3 Å². The molecule has 0 radical (unpaired) electrons. The van der Waals surface area contributed by atoms with Crippen molar-refractivity contribution in [3.8, 4) is 0 Å². The number of carbonyl (C=O) groups is 2. The summed E-state index contributed by atoms with van der Waals surface area (Å²) in [5.41, 5.74) is 1.85. The second kappa shape index (κ2) is 10.1. The van der Waals surface area contributed by atoms with E-state index in [2.05, 4.69) is 15.4 Å². The van der Waals surface area contributed by atoms with Gasteiger partial charge in [0.1, 0.15) is 17.3 Å². The van der Waals surface area contributed by atoms with Crippen LogP contribution in [-0.4, -0.2) is 74.0 Å². The first kappa shape index (κ1) is 27.4. The molecule has 1 fully saturated rings. The number of ether oxygens (including phenoxy) is 1. The number of aryl methyl sites for hydroxylation is 2. The van der Waals surface area contributed by atoms with Crippen LogP contribution in [0.1, 0.15) is 43.7 Å².